The second kappa shape index (κ2) is 6.43. The van der Waals surface area contributed by atoms with Gasteiger partial charge in [-0.2, -0.15) is 5.10 Å². The molecule has 1 aromatic carbocycles. The molecule has 0 spiro atoms. The molecule has 1 heterocycles. The maximum absolute atomic E-state index is 10.6. The molecule has 0 unspecified atom stereocenters. The summed E-state index contributed by atoms with van der Waals surface area (Å²) in [6, 6.07) is 7.72. The van der Waals surface area contributed by atoms with E-state index < -0.39 is 5.97 Å². The van der Waals surface area contributed by atoms with Crippen molar-refractivity contribution in [2.75, 3.05) is 5.32 Å². The van der Waals surface area contributed by atoms with E-state index in [-0.39, 0.29) is 6.42 Å². The number of anilines is 1. The summed E-state index contributed by atoms with van der Waals surface area (Å²) < 4.78 is 1.73. The molecular formula is C14H16ClN3O2. The third-order valence-corrected chi connectivity index (χ3v) is 3.34. The fourth-order valence-corrected chi connectivity index (χ4v) is 2.14. The first kappa shape index (κ1) is 14.4. The first-order chi connectivity index (χ1) is 9.56. The Morgan fingerprint density at radius 2 is 2.30 bits per heavy atom. The summed E-state index contributed by atoms with van der Waals surface area (Å²) in [6.45, 7) is 0.567. The Labute approximate surface area is 122 Å². The maximum Gasteiger partial charge on any atom is 0.303 e. The van der Waals surface area contributed by atoms with E-state index in [0.29, 0.717) is 18.0 Å². The average molecular weight is 294 g/mol. The SMILES string of the molecule is Cn1ncc(Cl)c1CNc1cccc(CCC(=O)O)c1. The van der Waals surface area contributed by atoms with Crippen LogP contribution in [-0.4, -0.2) is 20.9 Å². The summed E-state index contributed by atoms with van der Waals surface area (Å²) in [6.07, 6.45) is 2.27. The Balaban J connectivity index is 1.99. The number of nitrogens with zero attached hydrogens (tertiary/aromatic N) is 2. The van der Waals surface area contributed by atoms with Crippen molar-refractivity contribution in [1.29, 1.82) is 0 Å². The normalized spacial score (nSPS) is 10.5. The van der Waals surface area contributed by atoms with Gasteiger partial charge in [-0.1, -0.05) is 23.7 Å². The molecule has 0 aliphatic heterocycles. The van der Waals surface area contributed by atoms with Gasteiger partial charge in [0, 0.05) is 19.2 Å². The molecule has 1 aromatic heterocycles. The minimum atomic E-state index is -0.787. The zero-order chi connectivity index (χ0) is 14.5. The molecule has 0 atom stereocenters. The zero-order valence-electron chi connectivity index (χ0n) is 11.1. The molecule has 0 saturated heterocycles. The minimum Gasteiger partial charge on any atom is -0.481 e. The molecule has 106 valence electrons. The lowest BCUT2D eigenvalue weighted by Gasteiger charge is -2.09. The fraction of sp³-hybridized carbons (Fsp3) is 0.286. The van der Waals surface area contributed by atoms with Gasteiger partial charge in [0.25, 0.3) is 0 Å². The van der Waals surface area contributed by atoms with E-state index in [2.05, 4.69) is 10.4 Å². The number of benzene rings is 1. The molecule has 5 nitrogen and oxygen atoms in total. The summed E-state index contributed by atoms with van der Waals surface area (Å²) in [7, 11) is 1.84. The van der Waals surface area contributed by atoms with Crippen LogP contribution in [0.1, 0.15) is 17.7 Å². The molecule has 0 aliphatic carbocycles. The molecule has 2 N–H and O–H groups in total. The van der Waals surface area contributed by atoms with Gasteiger partial charge in [-0.05, 0) is 24.1 Å². The number of aromatic nitrogens is 2. The molecule has 0 radical (unpaired) electrons. The highest BCUT2D eigenvalue weighted by molar-refractivity contribution is 6.31. The Hall–Kier alpha value is -2.01. The predicted octanol–water partition coefficient (Wildman–Crippen LogP) is 2.70. The van der Waals surface area contributed by atoms with Crippen molar-refractivity contribution in [3.05, 3.63) is 46.7 Å². The highest BCUT2D eigenvalue weighted by atomic mass is 35.5. The van der Waals surface area contributed by atoms with E-state index >= 15 is 0 Å². The first-order valence-electron chi connectivity index (χ1n) is 6.27. The number of aliphatic carboxylic acids is 1. The van der Waals surface area contributed by atoms with Crippen LogP contribution in [0.3, 0.4) is 0 Å². The van der Waals surface area contributed by atoms with Crippen LogP contribution in [0.5, 0.6) is 0 Å². The van der Waals surface area contributed by atoms with Crippen molar-refractivity contribution in [2.45, 2.75) is 19.4 Å². The molecule has 0 amide bonds. The van der Waals surface area contributed by atoms with Gasteiger partial charge in [0.1, 0.15) is 0 Å². The predicted molar refractivity (Wildman–Crippen MR) is 77.9 cm³/mol. The van der Waals surface area contributed by atoms with Gasteiger partial charge in [-0.25, -0.2) is 0 Å². The third-order valence-electron chi connectivity index (χ3n) is 3.03. The topological polar surface area (TPSA) is 67.2 Å². The third kappa shape index (κ3) is 3.74. The van der Waals surface area contributed by atoms with Gasteiger partial charge in [0.2, 0.25) is 0 Å². The number of halogens is 1. The van der Waals surface area contributed by atoms with Crippen LogP contribution >= 0.6 is 11.6 Å². The Kier molecular flexibility index (Phi) is 4.63. The number of hydrogen-bond acceptors (Lipinski definition) is 3. The smallest absolute Gasteiger partial charge is 0.303 e. The molecule has 20 heavy (non-hydrogen) atoms. The van der Waals surface area contributed by atoms with Crippen molar-refractivity contribution >= 4 is 23.3 Å². The van der Waals surface area contributed by atoms with E-state index in [1.165, 1.54) is 0 Å². The molecular weight excluding hydrogens is 278 g/mol. The largest absolute Gasteiger partial charge is 0.481 e. The number of nitrogens with one attached hydrogen (secondary N) is 1. The van der Waals surface area contributed by atoms with Gasteiger partial charge in [-0.3, -0.25) is 9.48 Å². The van der Waals surface area contributed by atoms with Crippen molar-refractivity contribution in [3.63, 3.8) is 0 Å². The van der Waals surface area contributed by atoms with E-state index in [4.69, 9.17) is 16.7 Å². The zero-order valence-corrected chi connectivity index (χ0v) is 11.9. The van der Waals surface area contributed by atoms with Crippen molar-refractivity contribution < 1.29 is 9.90 Å². The van der Waals surface area contributed by atoms with E-state index in [1.807, 2.05) is 31.3 Å². The summed E-state index contributed by atoms with van der Waals surface area (Å²) in [5.74, 6) is -0.787. The number of carboxylic acids is 1. The highest BCUT2D eigenvalue weighted by Gasteiger charge is 2.06. The van der Waals surface area contributed by atoms with E-state index in [1.54, 1.807) is 10.9 Å². The van der Waals surface area contributed by atoms with Gasteiger partial charge in [0.05, 0.1) is 23.5 Å². The van der Waals surface area contributed by atoms with Crippen LogP contribution in [-0.2, 0) is 24.8 Å². The average Bonchev–Trinajstić information content (AvgIpc) is 2.74. The molecule has 2 rings (SSSR count). The second-order valence-corrected chi connectivity index (χ2v) is 4.92. The summed E-state index contributed by atoms with van der Waals surface area (Å²) in [5.41, 5.74) is 2.83. The summed E-state index contributed by atoms with van der Waals surface area (Å²) in [5, 5.41) is 16.7. The summed E-state index contributed by atoms with van der Waals surface area (Å²) >= 11 is 6.04. The van der Waals surface area contributed by atoms with E-state index in [9.17, 15) is 4.79 Å². The first-order valence-corrected chi connectivity index (χ1v) is 6.65. The molecule has 0 bridgehead atoms. The number of aryl methyl sites for hydroxylation is 2. The Morgan fingerprint density at radius 1 is 1.50 bits per heavy atom. The van der Waals surface area contributed by atoms with Crippen LogP contribution in [0.25, 0.3) is 0 Å². The van der Waals surface area contributed by atoms with Gasteiger partial charge in [0.15, 0.2) is 0 Å². The van der Waals surface area contributed by atoms with Crippen molar-refractivity contribution in [2.24, 2.45) is 7.05 Å². The van der Waals surface area contributed by atoms with Crippen molar-refractivity contribution in [1.82, 2.24) is 9.78 Å². The Morgan fingerprint density at radius 3 is 2.95 bits per heavy atom. The molecule has 0 saturated carbocycles. The lowest BCUT2D eigenvalue weighted by molar-refractivity contribution is -0.136. The fourth-order valence-electron chi connectivity index (χ4n) is 1.91. The van der Waals surface area contributed by atoms with Crippen LogP contribution in [0.15, 0.2) is 30.5 Å². The molecule has 6 heteroatoms. The minimum absolute atomic E-state index is 0.136. The standard InChI is InChI=1S/C14H16ClN3O2/c1-18-13(12(15)8-17-18)9-16-11-4-2-3-10(7-11)5-6-14(19)20/h2-4,7-8,16H,5-6,9H2,1H3,(H,19,20). The van der Waals surface area contributed by atoms with Crippen LogP contribution in [0.2, 0.25) is 5.02 Å². The number of rotatable bonds is 6. The van der Waals surface area contributed by atoms with Crippen LogP contribution in [0, 0.1) is 0 Å². The number of carbonyl (C=O) groups is 1. The summed E-state index contributed by atoms with van der Waals surface area (Å²) in [4.78, 5) is 10.6. The second-order valence-electron chi connectivity index (χ2n) is 4.51. The molecule has 0 aliphatic rings. The maximum atomic E-state index is 10.6. The quantitative estimate of drug-likeness (QED) is 0.859. The van der Waals surface area contributed by atoms with Crippen LogP contribution in [0.4, 0.5) is 5.69 Å². The molecule has 0 fully saturated rings. The lowest BCUT2D eigenvalue weighted by atomic mass is 10.1. The monoisotopic (exact) mass is 293 g/mol. The van der Waals surface area contributed by atoms with Crippen LogP contribution < -0.4 is 5.32 Å². The Bertz CT molecular complexity index is 591. The number of carboxylic acid groups (broad SMARTS) is 1. The van der Waals surface area contributed by atoms with Gasteiger partial charge < -0.3 is 10.4 Å². The highest BCUT2D eigenvalue weighted by Crippen LogP contribution is 2.17. The van der Waals surface area contributed by atoms with E-state index in [0.717, 1.165) is 16.9 Å². The van der Waals surface area contributed by atoms with Gasteiger partial charge in [-0.15, -0.1) is 0 Å². The van der Waals surface area contributed by atoms with Crippen molar-refractivity contribution in [3.8, 4) is 0 Å². The van der Waals surface area contributed by atoms with Gasteiger partial charge >= 0.3 is 5.97 Å². The lowest BCUT2D eigenvalue weighted by Crippen LogP contribution is -2.06. The molecule has 2 aromatic rings. The number of hydrogen-bond donors (Lipinski definition) is 2.